The number of nitrogens with two attached hydrogens (primary N) is 1. The highest BCUT2D eigenvalue weighted by Crippen LogP contribution is 2.39. The molecular formula is C9H10N4. The molecule has 0 atom stereocenters. The predicted molar refractivity (Wildman–Crippen MR) is 49.4 cm³/mol. The lowest BCUT2D eigenvalue weighted by Crippen LogP contribution is -2.01. The fourth-order valence-corrected chi connectivity index (χ4v) is 1.55. The molecule has 4 nitrogen and oxygen atoms in total. The van der Waals surface area contributed by atoms with Crippen molar-refractivity contribution in [2.45, 2.75) is 18.8 Å². The molecule has 1 saturated carbocycles. The first-order chi connectivity index (χ1) is 6.34. The maximum absolute atomic E-state index is 5.83. The van der Waals surface area contributed by atoms with Crippen LogP contribution in [0.4, 0.5) is 5.82 Å². The van der Waals surface area contributed by atoms with Crippen LogP contribution in [0.5, 0.6) is 0 Å². The zero-order valence-corrected chi connectivity index (χ0v) is 7.14. The molecule has 0 amide bonds. The number of nitrogen functional groups attached to an aromatic ring is 1. The average Bonchev–Trinajstić information content (AvgIpc) is 2.85. The summed E-state index contributed by atoms with van der Waals surface area (Å²) in [5.41, 5.74) is 7.79. The number of nitrogens with zero attached hydrogens (tertiary/aromatic N) is 3. The molecule has 0 saturated heterocycles. The summed E-state index contributed by atoms with van der Waals surface area (Å²) in [4.78, 5) is 4.48. The van der Waals surface area contributed by atoms with Gasteiger partial charge in [0.25, 0.3) is 0 Å². The Labute approximate surface area is 75.4 Å². The van der Waals surface area contributed by atoms with Crippen LogP contribution >= 0.6 is 0 Å². The van der Waals surface area contributed by atoms with Crippen LogP contribution in [0.25, 0.3) is 5.65 Å². The molecule has 3 rings (SSSR count). The molecule has 0 spiro atoms. The van der Waals surface area contributed by atoms with E-state index in [-0.39, 0.29) is 0 Å². The molecule has 0 unspecified atom stereocenters. The summed E-state index contributed by atoms with van der Waals surface area (Å²) in [6, 6.07) is 3.81. The van der Waals surface area contributed by atoms with E-state index < -0.39 is 0 Å². The predicted octanol–water partition coefficient (Wildman–Crippen LogP) is 1.19. The van der Waals surface area contributed by atoms with Crippen molar-refractivity contribution in [1.29, 1.82) is 0 Å². The first kappa shape index (κ1) is 6.88. The Hall–Kier alpha value is -1.58. The van der Waals surface area contributed by atoms with E-state index in [9.17, 15) is 0 Å². The van der Waals surface area contributed by atoms with Crippen LogP contribution in [0.1, 0.15) is 24.5 Å². The van der Waals surface area contributed by atoms with E-state index in [1.807, 2.05) is 12.1 Å². The molecule has 2 heterocycles. The molecule has 1 aliphatic rings. The van der Waals surface area contributed by atoms with Gasteiger partial charge in [-0.15, -0.1) is 0 Å². The maximum Gasteiger partial charge on any atom is 0.157 e. The van der Waals surface area contributed by atoms with Crippen molar-refractivity contribution in [3.63, 3.8) is 0 Å². The van der Waals surface area contributed by atoms with E-state index in [0.29, 0.717) is 11.7 Å². The molecule has 2 aromatic rings. The highest BCUT2D eigenvalue weighted by molar-refractivity contribution is 5.47. The molecule has 0 aliphatic heterocycles. The Balaban J connectivity index is 2.27. The highest BCUT2D eigenvalue weighted by Gasteiger charge is 2.25. The number of anilines is 1. The van der Waals surface area contributed by atoms with Gasteiger partial charge in [0, 0.05) is 23.7 Å². The maximum atomic E-state index is 5.83. The molecule has 0 bridgehead atoms. The summed E-state index contributed by atoms with van der Waals surface area (Å²) in [6.45, 7) is 0. The van der Waals surface area contributed by atoms with Crippen molar-refractivity contribution in [2.75, 3.05) is 5.73 Å². The number of hydrogen-bond donors (Lipinski definition) is 1. The Morgan fingerprint density at radius 1 is 1.46 bits per heavy atom. The fraction of sp³-hybridized carbons (Fsp3) is 0.333. The number of fused-ring (bicyclic) bond motifs is 1. The van der Waals surface area contributed by atoms with Crippen LogP contribution in [0, 0.1) is 0 Å². The lowest BCUT2D eigenvalue weighted by atomic mass is 10.3. The largest absolute Gasteiger partial charge is 0.384 e. The standard InChI is InChI=1S/C9H10N4/c10-8-5-7(6-1-2-6)12-9-3-4-11-13(8)9/h3-6H,1-2,10H2. The summed E-state index contributed by atoms with van der Waals surface area (Å²) in [5, 5.41) is 4.07. The monoisotopic (exact) mass is 174 g/mol. The zero-order valence-electron chi connectivity index (χ0n) is 7.14. The summed E-state index contributed by atoms with van der Waals surface area (Å²) in [6.07, 6.45) is 4.21. The lowest BCUT2D eigenvalue weighted by Gasteiger charge is -2.01. The highest BCUT2D eigenvalue weighted by atomic mass is 15.3. The van der Waals surface area contributed by atoms with Crippen LogP contribution < -0.4 is 5.73 Å². The van der Waals surface area contributed by atoms with E-state index in [4.69, 9.17) is 5.73 Å². The SMILES string of the molecule is Nc1cc(C2CC2)nc2ccnn12. The third-order valence-electron chi connectivity index (χ3n) is 2.40. The number of aromatic nitrogens is 3. The summed E-state index contributed by atoms with van der Waals surface area (Å²) in [7, 11) is 0. The van der Waals surface area contributed by atoms with E-state index >= 15 is 0 Å². The van der Waals surface area contributed by atoms with Gasteiger partial charge in [0.2, 0.25) is 0 Å². The molecule has 0 radical (unpaired) electrons. The van der Waals surface area contributed by atoms with Gasteiger partial charge in [0.1, 0.15) is 5.82 Å². The van der Waals surface area contributed by atoms with Gasteiger partial charge in [-0.25, -0.2) is 4.98 Å². The van der Waals surface area contributed by atoms with E-state index in [0.717, 1.165) is 11.3 Å². The quantitative estimate of drug-likeness (QED) is 0.706. The van der Waals surface area contributed by atoms with Crippen LogP contribution in [0.2, 0.25) is 0 Å². The van der Waals surface area contributed by atoms with Crippen LogP contribution in [0.15, 0.2) is 18.3 Å². The molecule has 4 heteroatoms. The van der Waals surface area contributed by atoms with Gasteiger partial charge < -0.3 is 5.73 Å². The van der Waals surface area contributed by atoms with Crippen LogP contribution in [-0.2, 0) is 0 Å². The lowest BCUT2D eigenvalue weighted by molar-refractivity contribution is 0.920. The van der Waals surface area contributed by atoms with Gasteiger partial charge in [-0.3, -0.25) is 0 Å². The normalized spacial score (nSPS) is 16.6. The van der Waals surface area contributed by atoms with Gasteiger partial charge in [-0.05, 0) is 12.8 Å². The molecule has 2 aromatic heterocycles. The Morgan fingerprint density at radius 2 is 2.31 bits per heavy atom. The van der Waals surface area contributed by atoms with Crippen molar-refractivity contribution in [3.05, 3.63) is 24.0 Å². The second-order valence-corrected chi connectivity index (χ2v) is 3.48. The third kappa shape index (κ3) is 0.983. The van der Waals surface area contributed by atoms with Crippen LogP contribution in [-0.4, -0.2) is 14.6 Å². The summed E-state index contributed by atoms with van der Waals surface area (Å²) >= 11 is 0. The first-order valence-corrected chi connectivity index (χ1v) is 4.45. The van der Waals surface area contributed by atoms with Crippen molar-refractivity contribution >= 4 is 11.5 Å². The van der Waals surface area contributed by atoms with Gasteiger partial charge in [0.05, 0.1) is 6.20 Å². The van der Waals surface area contributed by atoms with Gasteiger partial charge in [-0.2, -0.15) is 9.61 Å². The average molecular weight is 174 g/mol. The van der Waals surface area contributed by atoms with E-state index in [1.165, 1.54) is 12.8 Å². The minimum atomic E-state index is 0.641. The molecule has 1 aliphatic carbocycles. The molecule has 1 fully saturated rings. The Bertz CT molecular complexity index is 456. The van der Waals surface area contributed by atoms with Gasteiger partial charge >= 0.3 is 0 Å². The second kappa shape index (κ2) is 2.22. The molecule has 2 N–H and O–H groups in total. The number of rotatable bonds is 1. The minimum Gasteiger partial charge on any atom is -0.384 e. The molecule has 66 valence electrons. The smallest absolute Gasteiger partial charge is 0.157 e. The first-order valence-electron chi connectivity index (χ1n) is 4.45. The molecule has 13 heavy (non-hydrogen) atoms. The molecule has 0 aromatic carbocycles. The van der Waals surface area contributed by atoms with Crippen molar-refractivity contribution in [1.82, 2.24) is 14.6 Å². The fourth-order valence-electron chi connectivity index (χ4n) is 1.55. The Kier molecular flexibility index (Phi) is 1.17. The van der Waals surface area contributed by atoms with Gasteiger partial charge in [-0.1, -0.05) is 0 Å². The van der Waals surface area contributed by atoms with E-state index in [1.54, 1.807) is 10.7 Å². The number of hydrogen-bond acceptors (Lipinski definition) is 3. The van der Waals surface area contributed by atoms with E-state index in [2.05, 4.69) is 10.1 Å². The topological polar surface area (TPSA) is 56.2 Å². The van der Waals surface area contributed by atoms with Crippen LogP contribution in [0.3, 0.4) is 0 Å². The summed E-state index contributed by atoms with van der Waals surface area (Å²) in [5.74, 6) is 1.32. The van der Waals surface area contributed by atoms with Gasteiger partial charge in [0.15, 0.2) is 5.65 Å². The van der Waals surface area contributed by atoms with Crippen molar-refractivity contribution in [3.8, 4) is 0 Å². The van der Waals surface area contributed by atoms with Crippen molar-refractivity contribution < 1.29 is 0 Å². The second-order valence-electron chi connectivity index (χ2n) is 3.48. The minimum absolute atomic E-state index is 0.641. The zero-order chi connectivity index (χ0) is 8.84. The van der Waals surface area contributed by atoms with Crippen molar-refractivity contribution in [2.24, 2.45) is 0 Å². The Morgan fingerprint density at radius 3 is 3.08 bits per heavy atom. The molecular weight excluding hydrogens is 164 g/mol. The summed E-state index contributed by atoms with van der Waals surface area (Å²) < 4.78 is 1.66. The third-order valence-corrected chi connectivity index (χ3v) is 2.40.